The Morgan fingerprint density at radius 2 is 2.21 bits per heavy atom. The van der Waals surface area contributed by atoms with E-state index in [0.717, 1.165) is 5.56 Å². The van der Waals surface area contributed by atoms with Gasteiger partial charge in [0.2, 0.25) is 5.95 Å². The number of nitrogens with one attached hydrogen (secondary N) is 3. The van der Waals surface area contributed by atoms with E-state index >= 15 is 0 Å². The Morgan fingerprint density at radius 3 is 2.89 bits per heavy atom. The van der Waals surface area contributed by atoms with Crippen molar-refractivity contribution in [3.8, 4) is 5.75 Å². The van der Waals surface area contributed by atoms with Gasteiger partial charge in [0.25, 0.3) is 0 Å². The zero-order valence-corrected chi connectivity index (χ0v) is 10.7. The molecule has 7 nitrogen and oxygen atoms in total. The van der Waals surface area contributed by atoms with Crippen LogP contribution in [-0.4, -0.2) is 27.9 Å². The highest BCUT2D eigenvalue weighted by atomic mass is 16.5. The number of aryl methyl sites for hydroxylation is 2. The fourth-order valence-corrected chi connectivity index (χ4v) is 1.41. The molecular formula is C12H15N5O2. The highest BCUT2D eigenvalue weighted by molar-refractivity contribution is 5.87. The van der Waals surface area contributed by atoms with Crippen molar-refractivity contribution in [1.29, 1.82) is 0 Å². The first-order valence-electron chi connectivity index (χ1n) is 5.75. The quantitative estimate of drug-likeness (QED) is 0.728. The molecule has 0 aliphatic carbocycles. The first-order chi connectivity index (χ1) is 9.15. The van der Waals surface area contributed by atoms with Gasteiger partial charge < -0.3 is 10.1 Å². The molecule has 1 aromatic carbocycles. The first-order valence-corrected chi connectivity index (χ1v) is 5.75. The van der Waals surface area contributed by atoms with E-state index in [-0.39, 0.29) is 12.7 Å². The zero-order valence-electron chi connectivity index (χ0n) is 10.7. The van der Waals surface area contributed by atoms with Crippen molar-refractivity contribution in [1.82, 2.24) is 20.5 Å². The molecule has 7 heteroatoms. The SMILES string of the molecule is Cc1ccc(OCNC(=O)Nc2ncn[nH]2)cc1C. The van der Waals surface area contributed by atoms with Gasteiger partial charge in [-0.25, -0.2) is 9.89 Å². The predicted molar refractivity (Wildman–Crippen MR) is 69.9 cm³/mol. The summed E-state index contributed by atoms with van der Waals surface area (Å²) in [6, 6.07) is 5.34. The van der Waals surface area contributed by atoms with Crippen molar-refractivity contribution in [2.75, 3.05) is 12.0 Å². The average molecular weight is 261 g/mol. The smallest absolute Gasteiger partial charge is 0.324 e. The van der Waals surface area contributed by atoms with Crippen LogP contribution < -0.4 is 15.4 Å². The van der Waals surface area contributed by atoms with Crippen molar-refractivity contribution in [2.24, 2.45) is 0 Å². The molecule has 0 aliphatic rings. The van der Waals surface area contributed by atoms with Crippen LogP contribution >= 0.6 is 0 Å². The molecule has 0 bridgehead atoms. The van der Waals surface area contributed by atoms with E-state index in [9.17, 15) is 4.79 Å². The number of carbonyl (C=O) groups excluding carboxylic acids is 1. The molecule has 0 unspecified atom stereocenters. The number of carbonyl (C=O) groups is 1. The molecule has 0 atom stereocenters. The normalized spacial score (nSPS) is 10.0. The number of nitrogens with zero attached hydrogens (tertiary/aromatic N) is 2. The van der Waals surface area contributed by atoms with Crippen LogP contribution in [0.25, 0.3) is 0 Å². The summed E-state index contributed by atoms with van der Waals surface area (Å²) in [7, 11) is 0. The van der Waals surface area contributed by atoms with Crippen molar-refractivity contribution in [3.63, 3.8) is 0 Å². The van der Waals surface area contributed by atoms with Gasteiger partial charge >= 0.3 is 6.03 Å². The Hall–Kier alpha value is -2.57. The number of ether oxygens (including phenoxy) is 1. The molecule has 0 spiro atoms. The third kappa shape index (κ3) is 3.70. The summed E-state index contributed by atoms with van der Waals surface area (Å²) in [5.41, 5.74) is 2.34. The molecule has 100 valence electrons. The third-order valence-electron chi connectivity index (χ3n) is 2.60. The summed E-state index contributed by atoms with van der Waals surface area (Å²) >= 11 is 0. The Bertz CT molecular complexity index is 553. The Morgan fingerprint density at radius 1 is 1.37 bits per heavy atom. The molecule has 2 amide bonds. The maximum absolute atomic E-state index is 11.4. The zero-order chi connectivity index (χ0) is 13.7. The standard InChI is InChI=1S/C12H15N5O2/c1-8-3-4-10(5-9(8)2)19-7-14-12(18)16-11-13-6-15-17-11/h3-6H,7H2,1-2H3,(H3,13,14,15,16,17,18). The van der Waals surface area contributed by atoms with E-state index in [4.69, 9.17) is 4.74 Å². The lowest BCUT2D eigenvalue weighted by atomic mass is 10.1. The Labute approximate surface area is 110 Å². The van der Waals surface area contributed by atoms with Crippen LogP contribution in [0.15, 0.2) is 24.5 Å². The summed E-state index contributed by atoms with van der Waals surface area (Å²) < 4.78 is 5.41. The van der Waals surface area contributed by atoms with Crippen LogP contribution in [0.3, 0.4) is 0 Å². The fraction of sp³-hybridized carbons (Fsp3) is 0.250. The highest BCUT2D eigenvalue weighted by Gasteiger charge is 2.03. The van der Waals surface area contributed by atoms with Crippen LogP contribution in [0, 0.1) is 13.8 Å². The van der Waals surface area contributed by atoms with E-state index < -0.39 is 6.03 Å². The van der Waals surface area contributed by atoms with Crippen molar-refractivity contribution in [2.45, 2.75) is 13.8 Å². The van der Waals surface area contributed by atoms with Crippen LogP contribution in [0.4, 0.5) is 10.7 Å². The summed E-state index contributed by atoms with van der Waals surface area (Å²) in [6.07, 6.45) is 1.31. The second kappa shape index (κ2) is 5.85. The van der Waals surface area contributed by atoms with Crippen LogP contribution in [0.5, 0.6) is 5.75 Å². The Kier molecular flexibility index (Phi) is 3.97. The van der Waals surface area contributed by atoms with Gasteiger partial charge in [-0.3, -0.25) is 5.32 Å². The molecule has 2 aromatic rings. The van der Waals surface area contributed by atoms with Gasteiger partial charge in [0.1, 0.15) is 12.1 Å². The van der Waals surface area contributed by atoms with Crippen LogP contribution in [0.1, 0.15) is 11.1 Å². The molecule has 3 N–H and O–H groups in total. The van der Waals surface area contributed by atoms with E-state index in [1.165, 1.54) is 11.9 Å². The molecule has 0 saturated carbocycles. The summed E-state index contributed by atoms with van der Waals surface area (Å²) in [5, 5.41) is 11.1. The molecule has 1 heterocycles. The van der Waals surface area contributed by atoms with Gasteiger partial charge in [0.05, 0.1) is 0 Å². The van der Waals surface area contributed by atoms with E-state index in [0.29, 0.717) is 5.75 Å². The molecule has 0 aliphatic heterocycles. The first kappa shape index (κ1) is 12.9. The second-order valence-electron chi connectivity index (χ2n) is 4.00. The van der Waals surface area contributed by atoms with Crippen molar-refractivity contribution < 1.29 is 9.53 Å². The summed E-state index contributed by atoms with van der Waals surface area (Å²) in [6.45, 7) is 4.11. The number of benzene rings is 1. The highest BCUT2D eigenvalue weighted by Crippen LogP contribution is 2.15. The van der Waals surface area contributed by atoms with Gasteiger partial charge in [-0.2, -0.15) is 10.1 Å². The molecule has 19 heavy (non-hydrogen) atoms. The molecule has 2 rings (SSSR count). The number of amides is 2. The molecule has 0 radical (unpaired) electrons. The number of hydrogen-bond donors (Lipinski definition) is 3. The average Bonchev–Trinajstić information content (AvgIpc) is 2.86. The minimum atomic E-state index is -0.416. The molecular weight excluding hydrogens is 246 g/mol. The largest absolute Gasteiger partial charge is 0.473 e. The van der Waals surface area contributed by atoms with Crippen molar-refractivity contribution >= 4 is 12.0 Å². The lowest BCUT2D eigenvalue weighted by molar-refractivity contribution is 0.234. The maximum atomic E-state index is 11.4. The van der Waals surface area contributed by atoms with Gasteiger partial charge in [0, 0.05) is 0 Å². The number of anilines is 1. The lowest BCUT2D eigenvalue weighted by Gasteiger charge is -2.09. The predicted octanol–water partition coefficient (Wildman–Crippen LogP) is 1.58. The van der Waals surface area contributed by atoms with Gasteiger partial charge in [-0.05, 0) is 37.1 Å². The third-order valence-corrected chi connectivity index (χ3v) is 2.60. The summed E-state index contributed by atoms with van der Waals surface area (Å²) in [5.74, 6) is 0.992. The topological polar surface area (TPSA) is 91.9 Å². The number of H-pyrrole nitrogens is 1. The van der Waals surface area contributed by atoms with Gasteiger partial charge in [0.15, 0.2) is 6.73 Å². The maximum Gasteiger partial charge on any atom is 0.324 e. The van der Waals surface area contributed by atoms with E-state index in [1.54, 1.807) is 0 Å². The molecule has 1 aromatic heterocycles. The van der Waals surface area contributed by atoms with Crippen LogP contribution in [0.2, 0.25) is 0 Å². The number of aromatic amines is 1. The van der Waals surface area contributed by atoms with Crippen molar-refractivity contribution in [3.05, 3.63) is 35.7 Å². The lowest BCUT2D eigenvalue weighted by Crippen LogP contribution is -2.32. The van der Waals surface area contributed by atoms with Gasteiger partial charge in [-0.1, -0.05) is 6.07 Å². The number of hydrogen-bond acceptors (Lipinski definition) is 4. The van der Waals surface area contributed by atoms with Crippen LogP contribution in [-0.2, 0) is 0 Å². The monoisotopic (exact) mass is 261 g/mol. The minimum Gasteiger partial charge on any atom is -0.473 e. The minimum absolute atomic E-state index is 0.0719. The number of aromatic nitrogens is 3. The second-order valence-corrected chi connectivity index (χ2v) is 4.00. The van der Waals surface area contributed by atoms with E-state index in [1.807, 2.05) is 32.0 Å². The van der Waals surface area contributed by atoms with Gasteiger partial charge in [-0.15, -0.1) is 0 Å². The fourth-order valence-electron chi connectivity index (χ4n) is 1.41. The molecule has 0 saturated heterocycles. The summed E-state index contributed by atoms with van der Waals surface area (Å²) in [4.78, 5) is 15.2. The van der Waals surface area contributed by atoms with E-state index in [2.05, 4.69) is 25.8 Å². The molecule has 0 fully saturated rings. The number of urea groups is 1. The Balaban J connectivity index is 1.76. The number of rotatable bonds is 4.